The van der Waals surface area contributed by atoms with Crippen molar-refractivity contribution in [3.05, 3.63) is 182 Å². The van der Waals surface area contributed by atoms with Crippen molar-refractivity contribution in [1.82, 2.24) is 0 Å². The minimum atomic E-state index is -5.02. The lowest BCUT2D eigenvalue weighted by molar-refractivity contribution is -0.161. The molecule has 0 amide bonds. The molecule has 0 aliphatic heterocycles. The number of carbonyl (C=O) groups is 4. The summed E-state index contributed by atoms with van der Waals surface area (Å²) in [6, 6.07) is 0. The summed E-state index contributed by atoms with van der Waals surface area (Å²) in [6.07, 6.45) is 96.1. The number of aliphatic hydroxyl groups is 1. The van der Waals surface area contributed by atoms with Crippen LogP contribution < -0.4 is 0 Å². The van der Waals surface area contributed by atoms with Crippen molar-refractivity contribution in [3.8, 4) is 0 Å². The summed E-state index contributed by atoms with van der Waals surface area (Å²) >= 11 is 0. The van der Waals surface area contributed by atoms with Gasteiger partial charge >= 0.3 is 39.5 Å². The fourth-order valence-electron chi connectivity index (χ4n) is 10.1. The second-order valence-corrected chi connectivity index (χ2v) is 29.5. The topological polar surface area (TPSA) is 237 Å². The maximum absolute atomic E-state index is 13.1. The zero-order valence-corrected chi connectivity index (χ0v) is 68.7. The Hall–Kier alpha value is -5.84. The maximum atomic E-state index is 13.1. The van der Waals surface area contributed by atoms with Crippen molar-refractivity contribution < 1.29 is 80.2 Å². The lowest BCUT2D eigenvalue weighted by Crippen LogP contribution is -2.30. The molecule has 0 rings (SSSR count). The van der Waals surface area contributed by atoms with Gasteiger partial charge in [0.1, 0.15) is 19.3 Å². The number of phosphoric ester groups is 2. The number of phosphoric acid groups is 2. The Morgan fingerprint density at radius 3 is 0.861 bits per heavy atom. The molecule has 0 aliphatic carbocycles. The highest BCUT2D eigenvalue weighted by atomic mass is 31.2. The van der Waals surface area contributed by atoms with E-state index in [1.54, 1.807) is 0 Å². The van der Waals surface area contributed by atoms with Crippen LogP contribution in [0.5, 0.6) is 0 Å². The average Bonchev–Trinajstić information content (AvgIpc) is 0.906. The summed E-state index contributed by atoms with van der Waals surface area (Å²) in [5.74, 6) is -2.42. The van der Waals surface area contributed by atoms with Crippen molar-refractivity contribution >= 4 is 39.5 Å². The van der Waals surface area contributed by atoms with Gasteiger partial charge < -0.3 is 33.8 Å². The molecule has 0 fully saturated rings. The molecular formula is C89H144O17P2. The summed E-state index contributed by atoms with van der Waals surface area (Å²) in [6.45, 7) is 4.46. The summed E-state index contributed by atoms with van der Waals surface area (Å²) in [5.41, 5.74) is 0. The van der Waals surface area contributed by atoms with E-state index in [0.717, 1.165) is 135 Å². The normalized spacial score (nSPS) is 14.8. The number of aliphatic hydroxyl groups excluding tert-OH is 1. The molecule has 0 aromatic carbocycles. The molecule has 0 spiro atoms. The molecular weight excluding hydrogens is 1400 g/mol. The fourth-order valence-corrected chi connectivity index (χ4v) is 11.7. The van der Waals surface area contributed by atoms with Crippen LogP contribution in [0.2, 0.25) is 0 Å². The Labute approximate surface area is 654 Å². The van der Waals surface area contributed by atoms with E-state index < -0.39 is 97.5 Å². The van der Waals surface area contributed by atoms with Gasteiger partial charge in [0.2, 0.25) is 0 Å². The number of ether oxygens (including phenoxy) is 4. The Kier molecular flexibility index (Phi) is 75.0. The number of allylic oxidation sites excluding steroid dienone is 30. The molecule has 0 aliphatic rings. The first-order chi connectivity index (χ1) is 52.7. The van der Waals surface area contributed by atoms with E-state index in [4.69, 9.17) is 37.0 Å². The predicted octanol–water partition coefficient (Wildman–Crippen LogP) is 24.3. The van der Waals surface area contributed by atoms with Crippen LogP contribution in [0.1, 0.15) is 297 Å². The molecule has 612 valence electrons. The van der Waals surface area contributed by atoms with Crippen LogP contribution in [0.25, 0.3) is 0 Å². The van der Waals surface area contributed by atoms with E-state index in [9.17, 15) is 43.2 Å². The minimum absolute atomic E-state index is 0.00502. The third kappa shape index (κ3) is 78.3. The quantitative estimate of drug-likeness (QED) is 0.0169. The smallest absolute Gasteiger partial charge is 0.462 e. The molecule has 2 unspecified atom stereocenters. The molecule has 19 heteroatoms. The van der Waals surface area contributed by atoms with Crippen molar-refractivity contribution in [2.45, 2.75) is 316 Å². The van der Waals surface area contributed by atoms with Crippen LogP contribution in [0.4, 0.5) is 0 Å². The zero-order valence-electron chi connectivity index (χ0n) is 66.9. The molecule has 0 bridgehead atoms. The van der Waals surface area contributed by atoms with Gasteiger partial charge in [0, 0.05) is 25.7 Å². The van der Waals surface area contributed by atoms with Gasteiger partial charge in [-0.05, 0) is 167 Å². The fraction of sp³-hybridized carbons (Fsp3) is 0.618. The number of carbonyl (C=O) groups excluding carboxylic acids is 4. The Balaban J connectivity index is 5.55. The van der Waals surface area contributed by atoms with Gasteiger partial charge in [-0.2, -0.15) is 0 Å². The first kappa shape index (κ1) is 102. The van der Waals surface area contributed by atoms with Crippen LogP contribution in [0.3, 0.4) is 0 Å². The van der Waals surface area contributed by atoms with Gasteiger partial charge in [-0.3, -0.25) is 37.3 Å². The molecule has 17 nitrogen and oxygen atoms in total. The largest absolute Gasteiger partial charge is 0.472 e. The van der Waals surface area contributed by atoms with Gasteiger partial charge in [-0.1, -0.05) is 287 Å². The second kappa shape index (κ2) is 79.3. The Morgan fingerprint density at radius 2 is 0.509 bits per heavy atom. The average molecular weight is 1550 g/mol. The second-order valence-electron chi connectivity index (χ2n) is 26.6. The van der Waals surface area contributed by atoms with Crippen molar-refractivity contribution in [1.29, 1.82) is 0 Å². The Morgan fingerprint density at radius 1 is 0.269 bits per heavy atom. The third-order valence-corrected chi connectivity index (χ3v) is 18.2. The predicted molar refractivity (Wildman–Crippen MR) is 445 cm³/mol. The van der Waals surface area contributed by atoms with Gasteiger partial charge in [-0.15, -0.1) is 0 Å². The van der Waals surface area contributed by atoms with Crippen molar-refractivity contribution in [2.24, 2.45) is 0 Å². The van der Waals surface area contributed by atoms with Gasteiger partial charge in [0.15, 0.2) is 12.2 Å². The lowest BCUT2D eigenvalue weighted by Gasteiger charge is -2.21. The first-order valence-corrected chi connectivity index (χ1v) is 44.0. The monoisotopic (exact) mass is 1550 g/mol. The summed E-state index contributed by atoms with van der Waals surface area (Å²) in [7, 11) is -10.0. The minimum Gasteiger partial charge on any atom is -0.462 e. The lowest BCUT2D eigenvalue weighted by atomic mass is 10.1. The van der Waals surface area contributed by atoms with Crippen LogP contribution in [0, 0.1) is 0 Å². The highest BCUT2D eigenvalue weighted by Gasteiger charge is 2.30. The first-order valence-electron chi connectivity index (χ1n) is 41.0. The number of hydrogen-bond acceptors (Lipinski definition) is 15. The highest BCUT2D eigenvalue weighted by molar-refractivity contribution is 7.47. The molecule has 0 aromatic heterocycles. The van der Waals surface area contributed by atoms with Crippen molar-refractivity contribution in [3.63, 3.8) is 0 Å². The van der Waals surface area contributed by atoms with Crippen LogP contribution >= 0.6 is 15.6 Å². The highest BCUT2D eigenvalue weighted by Crippen LogP contribution is 2.45. The zero-order chi connectivity index (χ0) is 78.9. The number of hydrogen-bond donors (Lipinski definition) is 3. The number of rotatable bonds is 75. The molecule has 0 aromatic rings. The third-order valence-electron chi connectivity index (χ3n) is 16.3. The summed E-state index contributed by atoms with van der Waals surface area (Å²) in [4.78, 5) is 73.1. The van der Waals surface area contributed by atoms with Gasteiger partial charge in [0.05, 0.1) is 26.4 Å². The van der Waals surface area contributed by atoms with E-state index in [1.807, 2.05) is 42.5 Å². The molecule has 0 saturated carbocycles. The summed E-state index contributed by atoms with van der Waals surface area (Å²) < 4.78 is 68.5. The van der Waals surface area contributed by atoms with Gasteiger partial charge in [-0.25, -0.2) is 9.13 Å². The molecule has 0 heterocycles. The number of unbranched alkanes of at least 4 members (excludes halogenated alkanes) is 19. The van der Waals surface area contributed by atoms with Crippen LogP contribution in [0.15, 0.2) is 182 Å². The molecule has 5 atom stereocenters. The van der Waals surface area contributed by atoms with E-state index in [2.05, 4.69) is 167 Å². The molecule has 3 N–H and O–H groups in total. The van der Waals surface area contributed by atoms with E-state index in [0.29, 0.717) is 44.9 Å². The van der Waals surface area contributed by atoms with Crippen LogP contribution in [-0.2, 0) is 65.4 Å². The summed E-state index contributed by atoms with van der Waals surface area (Å²) in [5, 5.41) is 10.7. The SMILES string of the molecule is CC/C=C\C/C=C\C/C=C\C/C=C\C/C=C\C/C=C\CCC(=O)OC[C@H](COP(=O)(O)OC[C@@H](O)COP(=O)(O)OC[C@@H](COC(=O)CCC/C=C\C/C=C\C/C=C\C/C=C\CCCCC)OC(=O)CCCCCCCCC/C=C\CCCCCC)OC(=O)CCC/C=C\C/C=C\C/C=C\C/C=C\CCCCC. The standard InChI is InChI=1S/C89H144O17P2/c1-5-9-13-17-21-25-29-33-37-40-41-44-47-50-54-58-62-66-70-74-87(92)100-80-85(106-89(94)76-72-68-64-60-56-52-48-43-39-35-31-27-23-19-15-11-7-3)82-104-108(97,98)102-78-83(90)77-101-107(95,96)103-81-84(105-88(93)75-71-67-63-59-55-51-45-36-32-28-24-20-16-12-8-4)79-99-86(91)73-69-65-61-57-53-49-46-42-38-34-30-26-22-18-14-10-6-2/h9,13,21-23,25-28,32-35,37-39,41,44,46,48-50,52,54,57,60-62,64,66,83-85,90H,5-8,10-12,14-20,24,29-31,36,40,42-43,45,47,51,53,55-56,58-59,63,65,67-82H2,1-4H3,(H,95,96)(H,97,98)/b13-9-,25-21-,26-22-,27-23-,32-28-,37-33-,38-34-,39-35-,44-41-,49-46-,52-48-,54-50-,61-57-,64-60-,66-62-/t83-,84+,85+/m0/s1. The van der Waals surface area contributed by atoms with E-state index >= 15 is 0 Å². The maximum Gasteiger partial charge on any atom is 0.472 e. The Bertz CT molecular complexity index is 2760. The van der Waals surface area contributed by atoms with E-state index in [-0.39, 0.29) is 25.7 Å². The molecule has 108 heavy (non-hydrogen) atoms. The molecule has 0 saturated heterocycles. The van der Waals surface area contributed by atoms with Crippen molar-refractivity contribution in [2.75, 3.05) is 39.6 Å². The van der Waals surface area contributed by atoms with E-state index in [1.165, 1.54) is 64.2 Å². The number of esters is 4. The van der Waals surface area contributed by atoms with Gasteiger partial charge in [0.25, 0.3) is 0 Å². The van der Waals surface area contributed by atoms with Crippen LogP contribution in [-0.4, -0.2) is 96.7 Å². The molecule has 0 radical (unpaired) electrons.